The van der Waals surface area contributed by atoms with Gasteiger partial charge in [-0.2, -0.15) is 5.26 Å². The summed E-state index contributed by atoms with van der Waals surface area (Å²) in [5.41, 5.74) is 12.7. The fourth-order valence-electron chi connectivity index (χ4n) is 2.75. The van der Waals surface area contributed by atoms with Gasteiger partial charge in [0.1, 0.15) is 17.5 Å². The zero-order valence-corrected chi connectivity index (χ0v) is 14.2. The highest BCUT2D eigenvalue weighted by Gasteiger charge is 2.16. The average molecular weight is 319 g/mol. The van der Waals surface area contributed by atoms with Crippen molar-refractivity contribution in [3.63, 3.8) is 0 Å². The Bertz CT molecular complexity index is 932. The molecule has 0 radical (unpaired) electrons. The monoisotopic (exact) mass is 319 g/mol. The van der Waals surface area contributed by atoms with Crippen molar-refractivity contribution in [1.29, 1.82) is 5.26 Å². The molecule has 0 aliphatic heterocycles. The number of nitriles is 1. The molecule has 3 rings (SSSR count). The third-order valence-corrected chi connectivity index (χ3v) is 4.97. The van der Waals surface area contributed by atoms with Crippen molar-refractivity contribution in [2.75, 3.05) is 5.73 Å². The molecular formula is C19H17N3S. The maximum absolute atomic E-state index is 9.48. The summed E-state index contributed by atoms with van der Waals surface area (Å²) in [6, 6.07) is 12.5. The second kappa shape index (κ2) is 5.86. The Hall–Kier alpha value is -2.64. The number of anilines is 1. The van der Waals surface area contributed by atoms with Crippen LogP contribution in [0, 0.1) is 32.1 Å². The van der Waals surface area contributed by atoms with Crippen molar-refractivity contribution in [2.45, 2.75) is 20.8 Å². The lowest BCUT2D eigenvalue weighted by atomic mass is 9.98. The van der Waals surface area contributed by atoms with E-state index >= 15 is 0 Å². The molecule has 2 heterocycles. The molecular weight excluding hydrogens is 302 g/mol. The standard InChI is InChI=1S/C19H17N3S/c1-11-4-5-14(13(3)8-11)17-9-15(16(10-20)19(21)22-17)18-12(2)6-7-23-18/h4-9H,1-3H3,(H2,21,22). The first-order valence-electron chi connectivity index (χ1n) is 7.34. The van der Waals surface area contributed by atoms with Gasteiger partial charge in [-0.05, 0) is 49.4 Å². The number of rotatable bonds is 2. The predicted octanol–water partition coefficient (Wildman–Crippen LogP) is 4.86. The molecule has 0 bridgehead atoms. The molecule has 4 heteroatoms. The summed E-state index contributed by atoms with van der Waals surface area (Å²) in [4.78, 5) is 5.54. The van der Waals surface area contributed by atoms with Crippen LogP contribution >= 0.6 is 11.3 Å². The maximum Gasteiger partial charge on any atom is 0.142 e. The van der Waals surface area contributed by atoms with Crippen LogP contribution in [-0.4, -0.2) is 4.98 Å². The first-order valence-corrected chi connectivity index (χ1v) is 8.22. The first kappa shape index (κ1) is 15.3. The van der Waals surface area contributed by atoms with Crippen molar-refractivity contribution in [2.24, 2.45) is 0 Å². The predicted molar refractivity (Wildman–Crippen MR) is 96.3 cm³/mol. The van der Waals surface area contributed by atoms with E-state index in [-0.39, 0.29) is 5.82 Å². The van der Waals surface area contributed by atoms with Crippen LogP contribution in [0.3, 0.4) is 0 Å². The highest BCUT2D eigenvalue weighted by atomic mass is 32.1. The molecule has 2 N–H and O–H groups in total. The van der Waals surface area contributed by atoms with E-state index in [1.165, 1.54) is 5.56 Å². The Kier molecular flexibility index (Phi) is 3.89. The van der Waals surface area contributed by atoms with Gasteiger partial charge in [0.2, 0.25) is 0 Å². The number of thiophene rings is 1. The smallest absolute Gasteiger partial charge is 0.142 e. The SMILES string of the molecule is Cc1ccc(-c2cc(-c3sccc3C)c(C#N)c(N)n2)c(C)c1. The molecule has 0 amide bonds. The molecule has 114 valence electrons. The third-order valence-electron chi connectivity index (χ3n) is 3.92. The number of pyridine rings is 1. The Labute approximate surface area is 140 Å². The summed E-state index contributed by atoms with van der Waals surface area (Å²) in [5, 5.41) is 11.5. The van der Waals surface area contributed by atoms with Gasteiger partial charge < -0.3 is 5.73 Å². The lowest BCUT2D eigenvalue weighted by molar-refractivity contribution is 1.28. The second-order valence-corrected chi connectivity index (χ2v) is 6.59. The van der Waals surface area contributed by atoms with Crippen LogP contribution in [-0.2, 0) is 0 Å². The summed E-state index contributed by atoms with van der Waals surface area (Å²) in [5.74, 6) is 0.285. The molecule has 3 nitrogen and oxygen atoms in total. The molecule has 0 aliphatic rings. The van der Waals surface area contributed by atoms with E-state index in [1.54, 1.807) is 11.3 Å². The van der Waals surface area contributed by atoms with E-state index in [0.29, 0.717) is 5.56 Å². The Balaban J connectivity index is 2.27. The Morgan fingerprint density at radius 2 is 1.83 bits per heavy atom. The van der Waals surface area contributed by atoms with Crippen LogP contribution in [0.15, 0.2) is 35.7 Å². The number of aromatic nitrogens is 1. The highest BCUT2D eigenvalue weighted by molar-refractivity contribution is 7.13. The van der Waals surface area contributed by atoms with E-state index in [0.717, 1.165) is 32.8 Å². The first-order chi connectivity index (χ1) is 11.0. The van der Waals surface area contributed by atoms with Gasteiger partial charge in [0.05, 0.1) is 5.69 Å². The lowest BCUT2D eigenvalue weighted by Crippen LogP contribution is -2.00. The molecule has 1 aromatic carbocycles. The van der Waals surface area contributed by atoms with E-state index in [1.807, 2.05) is 18.4 Å². The molecule has 0 spiro atoms. The van der Waals surface area contributed by atoms with Gasteiger partial charge in [-0.3, -0.25) is 0 Å². The highest BCUT2D eigenvalue weighted by Crippen LogP contribution is 2.36. The number of nitrogens with two attached hydrogens (primary N) is 1. The molecule has 3 aromatic rings. The van der Waals surface area contributed by atoms with Crippen LogP contribution in [0.4, 0.5) is 5.82 Å². The number of nitrogen functional groups attached to an aromatic ring is 1. The molecule has 23 heavy (non-hydrogen) atoms. The summed E-state index contributed by atoms with van der Waals surface area (Å²) in [6.45, 7) is 6.17. The molecule has 0 unspecified atom stereocenters. The third kappa shape index (κ3) is 2.71. The van der Waals surface area contributed by atoms with Gasteiger partial charge in [-0.1, -0.05) is 23.8 Å². The Morgan fingerprint density at radius 3 is 2.43 bits per heavy atom. The number of hydrogen-bond donors (Lipinski definition) is 1. The van der Waals surface area contributed by atoms with Gasteiger partial charge in [0.15, 0.2) is 0 Å². The molecule has 0 saturated heterocycles. The van der Waals surface area contributed by atoms with Gasteiger partial charge in [0.25, 0.3) is 0 Å². The van der Waals surface area contributed by atoms with E-state index in [9.17, 15) is 5.26 Å². The molecule has 0 saturated carbocycles. The zero-order valence-electron chi connectivity index (χ0n) is 13.3. The van der Waals surface area contributed by atoms with Crippen LogP contribution < -0.4 is 5.73 Å². The van der Waals surface area contributed by atoms with Crippen molar-refractivity contribution >= 4 is 17.2 Å². The minimum atomic E-state index is 0.285. The lowest BCUT2D eigenvalue weighted by Gasteiger charge is -2.12. The van der Waals surface area contributed by atoms with E-state index < -0.39 is 0 Å². The minimum Gasteiger partial charge on any atom is -0.383 e. The Morgan fingerprint density at radius 1 is 1.04 bits per heavy atom. The number of aryl methyl sites for hydroxylation is 3. The van der Waals surface area contributed by atoms with Gasteiger partial charge >= 0.3 is 0 Å². The van der Waals surface area contributed by atoms with Crippen LogP contribution in [0.1, 0.15) is 22.3 Å². The van der Waals surface area contributed by atoms with Crippen molar-refractivity contribution in [1.82, 2.24) is 4.98 Å². The van der Waals surface area contributed by atoms with Crippen LogP contribution in [0.5, 0.6) is 0 Å². The molecule has 2 aromatic heterocycles. The number of hydrogen-bond acceptors (Lipinski definition) is 4. The summed E-state index contributed by atoms with van der Waals surface area (Å²) in [7, 11) is 0. The summed E-state index contributed by atoms with van der Waals surface area (Å²) in [6.07, 6.45) is 0. The zero-order chi connectivity index (χ0) is 16.6. The van der Waals surface area contributed by atoms with Crippen molar-refractivity contribution in [3.8, 4) is 27.8 Å². The van der Waals surface area contributed by atoms with E-state index in [4.69, 9.17) is 5.73 Å². The van der Waals surface area contributed by atoms with Crippen LogP contribution in [0.25, 0.3) is 21.7 Å². The van der Waals surface area contributed by atoms with Gasteiger partial charge in [0, 0.05) is 16.0 Å². The number of benzene rings is 1. The quantitative estimate of drug-likeness (QED) is 0.734. The molecule has 0 atom stereocenters. The van der Waals surface area contributed by atoms with Crippen molar-refractivity contribution < 1.29 is 0 Å². The molecule has 0 aliphatic carbocycles. The topological polar surface area (TPSA) is 62.7 Å². The van der Waals surface area contributed by atoms with E-state index in [2.05, 4.69) is 49.2 Å². The fourth-order valence-corrected chi connectivity index (χ4v) is 3.70. The maximum atomic E-state index is 9.48. The average Bonchev–Trinajstić information content (AvgIpc) is 2.92. The summed E-state index contributed by atoms with van der Waals surface area (Å²) >= 11 is 1.62. The second-order valence-electron chi connectivity index (χ2n) is 5.68. The van der Waals surface area contributed by atoms with Crippen molar-refractivity contribution in [3.05, 3.63) is 58.0 Å². The minimum absolute atomic E-state index is 0.285. The van der Waals surface area contributed by atoms with Gasteiger partial charge in [-0.15, -0.1) is 11.3 Å². The largest absolute Gasteiger partial charge is 0.383 e. The van der Waals surface area contributed by atoms with Crippen LogP contribution in [0.2, 0.25) is 0 Å². The number of nitrogens with zero attached hydrogens (tertiary/aromatic N) is 2. The normalized spacial score (nSPS) is 10.5. The van der Waals surface area contributed by atoms with Gasteiger partial charge in [-0.25, -0.2) is 4.98 Å². The molecule has 0 fully saturated rings. The fraction of sp³-hybridized carbons (Fsp3) is 0.158. The summed E-state index contributed by atoms with van der Waals surface area (Å²) < 4.78 is 0.